The van der Waals surface area contributed by atoms with E-state index < -0.39 is 0 Å². The Bertz CT molecular complexity index is 707. The number of halogens is 1. The molecule has 4 nitrogen and oxygen atoms in total. The summed E-state index contributed by atoms with van der Waals surface area (Å²) in [7, 11) is 0. The van der Waals surface area contributed by atoms with E-state index in [9.17, 15) is 9.59 Å². The van der Waals surface area contributed by atoms with E-state index in [1.165, 1.54) is 0 Å². The first-order valence-electron chi connectivity index (χ1n) is 8.44. The normalized spacial score (nSPS) is 10.4. The Kier molecular flexibility index (Phi) is 8.51. The van der Waals surface area contributed by atoms with E-state index in [0.29, 0.717) is 30.3 Å². The van der Waals surface area contributed by atoms with Gasteiger partial charge in [-0.3, -0.25) is 9.59 Å². The van der Waals surface area contributed by atoms with E-state index >= 15 is 0 Å². The average molecular weight is 392 g/mol. The van der Waals surface area contributed by atoms with Crippen LogP contribution in [0.3, 0.4) is 0 Å². The van der Waals surface area contributed by atoms with Crippen LogP contribution in [0.2, 0.25) is 5.02 Å². The molecule has 0 N–H and O–H groups in total. The standard InChI is InChI=1S/C20H22ClNO3S/c1-2-25-20(24)15-22(14-16-6-4-3-5-7-16)19(23)12-13-26-18-10-8-17(21)9-11-18/h3-11H,2,12-15H2,1H3. The molecule has 0 atom stereocenters. The molecule has 6 heteroatoms. The van der Waals surface area contributed by atoms with Crippen LogP contribution in [0.4, 0.5) is 0 Å². The number of esters is 1. The zero-order chi connectivity index (χ0) is 18.8. The molecule has 0 spiro atoms. The molecule has 0 radical (unpaired) electrons. The maximum Gasteiger partial charge on any atom is 0.325 e. The van der Waals surface area contributed by atoms with Gasteiger partial charge in [0.2, 0.25) is 5.91 Å². The lowest BCUT2D eigenvalue weighted by atomic mass is 10.2. The molecule has 0 aliphatic heterocycles. The highest BCUT2D eigenvalue weighted by Gasteiger charge is 2.18. The van der Waals surface area contributed by atoms with Crippen LogP contribution < -0.4 is 0 Å². The Labute approximate surface area is 163 Å². The second-order valence-corrected chi connectivity index (χ2v) is 7.20. The Balaban J connectivity index is 1.92. The molecule has 1 amide bonds. The third-order valence-corrected chi connectivity index (χ3v) is 4.86. The zero-order valence-electron chi connectivity index (χ0n) is 14.7. The quantitative estimate of drug-likeness (QED) is 0.469. The van der Waals surface area contributed by atoms with E-state index in [0.717, 1.165) is 10.5 Å². The molecule has 0 unspecified atom stereocenters. The molecule has 0 bridgehead atoms. The zero-order valence-corrected chi connectivity index (χ0v) is 16.3. The van der Waals surface area contributed by atoms with Crippen LogP contribution in [0, 0.1) is 0 Å². The highest BCUT2D eigenvalue weighted by Crippen LogP contribution is 2.21. The van der Waals surface area contributed by atoms with Crippen molar-refractivity contribution in [3.05, 3.63) is 65.2 Å². The van der Waals surface area contributed by atoms with Crippen LogP contribution in [0.5, 0.6) is 0 Å². The van der Waals surface area contributed by atoms with Crippen molar-refractivity contribution in [1.82, 2.24) is 4.90 Å². The Morgan fingerprint density at radius 2 is 1.77 bits per heavy atom. The van der Waals surface area contributed by atoms with Crippen molar-refractivity contribution < 1.29 is 14.3 Å². The Hall–Kier alpha value is -1.98. The molecule has 0 saturated carbocycles. The predicted octanol–water partition coefficient (Wildman–Crippen LogP) is 4.41. The largest absolute Gasteiger partial charge is 0.465 e. The number of benzene rings is 2. The summed E-state index contributed by atoms with van der Waals surface area (Å²) in [5, 5.41) is 0.689. The van der Waals surface area contributed by atoms with Gasteiger partial charge in [0.1, 0.15) is 6.54 Å². The lowest BCUT2D eigenvalue weighted by Gasteiger charge is -2.22. The third-order valence-electron chi connectivity index (χ3n) is 3.59. The van der Waals surface area contributed by atoms with Crippen LogP contribution in [-0.2, 0) is 20.9 Å². The van der Waals surface area contributed by atoms with Gasteiger partial charge in [0.05, 0.1) is 6.61 Å². The number of rotatable bonds is 9. The number of hydrogen-bond acceptors (Lipinski definition) is 4. The summed E-state index contributed by atoms with van der Waals surface area (Å²) >= 11 is 7.46. The van der Waals surface area contributed by atoms with Crippen LogP contribution >= 0.6 is 23.4 Å². The first kappa shape index (κ1) is 20.3. The van der Waals surface area contributed by atoms with Crippen molar-refractivity contribution in [3.63, 3.8) is 0 Å². The van der Waals surface area contributed by atoms with E-state index in [2.05, 4.69) is 0 Å². The molecular weight excluding hydrogens is 370 g/mol. The molecule has 0 fully saturated rings. The Morgan fingerprint density at radius 1 is 1.08 bits per heavy atom. The summed E-state index contributed by atoms with van der Waals surface area (Å²) < 4.78 is 4.99. The van der Waals surface area contributed by atoms with Gasteiger partial charge in [-0.2, -0.15) is 0 Å². The summed E-state index contributed by atoms with van der Waals surface area (Å²) in [4.78, 5) is 27.1. The van der Waals surface area contributed by atoms with Crippen LogP contribution in [0.1, 0.15) is 18.9 Å². The molecule has 2 aromatic carbocycles. The van der Waals surface area contributed by atoms with Gasteiger partial charge in [-0.25, -0.2) is 0 Å². The minimum Gasteiger partial charge on any atom is -0.465 e. The number of amides is 1. The van der Waals surface area contributed by atoms with Gasteiger partial charge in [-0.1, -0.05) is 41.9 Å². The van der Waals surface area contributed by atoms with Gasteiger partial charge in [0.25, 0.3) is 0 Å². The molecule has 26 heavy (non-hydrogen) atoms. The van der Waals surface area contributed by atoms with E-state index in [4.69, 9.17) is 16.3 Å². The molecule has 0 aliphatic carbocycles. The van der Waals surface area contributed by atoms with Crippen molar-refractivity contribution in [2.24, 2.45) is 0 Å². The van der Waals surface area contributed by atoms with E-state index in [-0.39, 0.29) is 18.4 Å². The van der Waals surface area contributed by atoms with Crippen LogP contribution in [0.25, 0.3) is 0 Å². The van der Waals surface area contributed by atoms with Crippen LogP contribution in [-0.4, -0.2) is 35.7 Å². The fourth-order valence-electron chi connectivity index (χ4n) is 2.34. The smallest absolute Gasteiger partial charge is 0.325 e. The van der Waals surface area contributed by atoms with Crippen molar-refractivity contribution >= 4 is 35.2 Å². The number of thioether (sulfide) groups is 1. The van der Waals surface area contributed by atoms with Crippen molar-refractivity contribution in [1.29, 1.82) is 0 Å². The fourth-order valence-corrected chi connectivity index (χ4v) is 3.31. The number of hydrogen-bond donors (Lipinski definition) is 0. The van der Waals surface area contributed by atoms with Crippen molar-refractivity contribution in [2.75, 3.05) is 18.9 Å². The first-order chi connectivity index (χ1) is 12.6. The number of ether oxygens (including phenoxy) is 1. The average Bonchev–Trinajstić information content (AvgIpc) is 2.64. The molecule has 0 heterocycles. The molecule has 0 aromatic heterocycles. The highest BCUT2D eigenvalue weighted by atomic mass is 35.5. The second kappa shape index (κ2) is 10.9. The second-order valence-electron chi connectivity index (χ2n) is 5.59. The van der Waals surface area contributed by atoms with E-state index in [1.807, 2.05) is 54.6 Å². The van der Waals surface area contributed by atoms with Crippen molar-refractivity contribution in [3.8, 4) is 0 Å². The van der Waals surface area contributed by atoms with Gasteiger partial charge in [-0.15, -0.1) is 11.8 Å². The summed E-state index contributed by atoms with van der Waals surface area (Å²) in [6.07, 6.45) is 0.347. The highest BCUT2D eigenvalue weighted by molar-refractivity contribution is 7.99. The summed E-state index contributed by atoms with van der Waals surface area (Å²) in [6, 6.07) is 17.1. The molecule has 0 saturated heterocycles. The monoisotopic (exact) mass is 391 g/mol. The Morgan fingerprint density at radius 3 is 2.42 bits per heavy atom. The lowest BCUT2D eigenvalue weighted by molar-refractivity contribution is -0.149. The number of nitrogens with zero attached hydrogens (tertiary/aromatic N) is 1. The molecule has 2 rings (SSSR count). The summed E-state index contributed by atoms with van der Waals surface area (Å²) in [5.41, 5.74) is 0.982. The molecular formula is C20H22ClNO3S. The molecule has 0 aliphatic rings. The maximum atomic E-state index is 12.6. The minimum atomic E-state index is -0.387. The third kappa shape index (κ3) is 7.10. The maximum absolute atomic E-state index is 12.6. The first-order valence-corrected chi connectivity index (χ1v) is 9.80. The summed E-state index contributed by atoms with van der Waals surface area (Å²) in [6.45, 7) is 2.42. The topological polar surface area (TPSA) is 46.6 Å². The fraction of sp³-hybridized carbons (Fsp3) is 0.300. The van der Waals surface area contributed by atoms with Gasteiger partial charge in [0, 0.05) is 28.6 Å². The predicted molar refractivity (Wildman–Crippen MR) is 105 cm³/mol. The van der Waals surface area contributed by atoms with Gasteiger partial charge < -0.3 is 9.64 Å². The molecule has 138 valence electrons. The SMILES string of the molecule is CCOC(=O)CN(Cc1ccccc1)C(=O)CCSc1ccc(Cl)cc1. The number of carbonyl (C=O) groups is 2. The van der Waals surface area contributed by atoms with E-state index in [1.54, 1.807) is 23.6 Å². The van der Waals surface area contributed by atoms with Gasteiger partial charge >= 0.3 is 5.97 Å². The van der Waals surface area contributed by atoms with Gasteiger partial charge in [0.15, 0.2) is 0 Å². The number of carbonyl (C=O) groups excluding carboxylic acids is 2. The molecule has 2 aromatic rings. The van der Waals surface area contributed by atoms with Crippen molar-refractivity contribution in [2.45, 2.75) is 24.8 Å². The van der Waals surface area contributed by atoms with Crippen LogP contribution in [0.15, 0.2) is 59.5 Å². The summed E-state index contributed by atoms with van der Waals surface area (Å²) in [5.74, 6) is 0.180. The lowest BCUT2D eigenvalue weighted by Crippen LogP contribution is -2.36. The van der Waals surface area contributed by atoms with Gasteiger partial charge in [-0.05, 0) is 36.8 Å². The minimum absolute atomic E-state index is 0.0345.